The molecule has 1 saturated heterocycles. The fraction of sp³-hybridized carbons (Fsp3) is 0.846. The van der Waals surface area contributed by atoms with Crippen molar-refractivity contribution in [3.05, 3.63) is 0 Å². The molecule has 2 unspecified atom stereocenters. The van der Waals surface area contributed by atoms with E-state index in [1.165, 1.54) is 0 Å². The minimum absolute atomic E-state index is 0.00556. The zero-order chi connectivity index (χ0) is 12.7. The largest absolute Gasteiger partial charge is 0.356 e. The molecule has 1 fully saturated rings. The summed E-state index contributed by atoms with van der Waals surface area (Å²) in [6.07, 6.45) is 5.11. The van der Waals surface area contributed by atoms with Gasteiger partial charge in [0.15, 0.2) is 0 Å². The highest BCUT2D eigenvalue weighted by Gasteiger charge is 2.16. The first-order chi connectivity index (χ1) is 8.09. The van der Waals surface area contributed by atoms with Crippen molar-refractivity contribution in [3.63, 3.8) is 0 Å². The Hall–Kier alpha value is -1.06. The van der Waals surface area contributed by atoms with Gasteiger partial charge in [0, 0.05) is 24.9 Å². The van der Waals surface area contributed by atoms with Gasteiger partial charge in [-0.3, -0.25) is 9.59 Å². The summed E-state index contributed by atoms with van der Waals surface area (Å²) in [6.45, 7) is 4.73. The van der Waals surface area contributed by atoms with Crippen molar-refractivity contribution in [2.24, 2.45) is 5.92 Å². The Balaban J connectivity index is 2.47. The number of hydrogen-bond acceptors (Lipinski definition) is 2. The lowest BCUT2D eigenvalue weighted by Crippen LogP contribution is -2.36. The third kappa shape index (κ3) is 5.71. The summed E-state index contributed by atoms with van der Waals surface area (Å²) in [7, 11) is 0. The van der Waals surface area contributed by atoms with Crippen LogP contribution in [0.4, 0.5) is 0 Å². The van der Waals surface area contributed by atoms with Gasteiger partial charge in [-0.05, 0) is 39.0 Å². The molecule has 98 valence electrons. The van der Waals surface area contributed by atoms with Crippen molar-refractivity contribution in [1.29, 1.82) is 0 Å². The lowest BCUT2D eigenvalue weighted by Gasteiger charge is -2.17. The lowest BCUT2D eigenvalue weighted by atomic mass is 10.0. The maximum absolute atomic E-state index is 11.8. The first kappa shape index (κ1) is 14.0. The fourth-order valence-corrected chi connectivity index (χ4v) is 2.05. The highest BCUT2D eigenvalue weighted by atomic mass is 16.2. The zero-order valence-electron chi connectivity index (χ0n) is 10.9. The van der Waals surface area contributed by atoms with Crippen LogP contribution < -0.4 is 10.6 Å². The van der Waals surface area contributed by atoms with Crippen LogP contribution in [0.1, 0.15) is 52.4 Å². The van der Waals surface area contributed by atoms with Gasteiger partial charge in [-0.25, -0.2) is 0 Å². The van der Waals surface area contributed by atoms with Crippen LogP contribution in [0.2, 0.25) is 0 Å². The molecule has 0 aromatic heterocycles. The number of carbonyl (C=O) groups is 2. The summed E-state index contributed by atoms with van der Waals surface area (Å²) in [5.74, 6) is 0.244. The highest BCUT2D eigenvalue weighted by molar-refractivity contribution is 5.79. The van der Waals surface area contributed by atoms with Crippen molar-refractivity contribution >= 4 is 11.8 Å². The molecule has 0 radical (unpaired) electrons. The van der Waals surface area contributed by atoms with E-state index in [1.807, 2.05) is 13.8 Å². The Kier molecular flexibility index (Phi) is 6.01. The van der Waals surface area contributed by atoms with Crippen LogP contribution in [-0.4, -0.2) is 24.4 Å². The van der Waals surface area contributed by atoms with Gasteiger partial charge in [-0.2, -0.15) is 0 Å². The van der Waals surface area contributed by atoms with Crippen LogP contribution in [-0.2, 0) is 9.59 Å². The standard InChI is InChI=1S/C13H24N2O2/c1-10-6-5-8-12(16)14-9-4-3-7-11(2)15-13(10)17/h10-11H,3-9H2,1-2H3,(H,14,16)(H,15,17). The van der Waals surface area contributed by atoms with Crippen LogP contribution in [0.15, 0.2) is 0 Å². The van der Waals surface area contributed by atoms with Gasteiger partial charge in [0.05, 0.1) is 0 Å². The first-order valence-electron chi connectivity index (χ1n) is 6.66. The van der Waals surface area contributed by atoms with E-state index < -0.39 is 0 Å². The molecule has 0 spiro atoms. The quantitative estimate of drug-likeness (QED) is 0.675. The fourth-order valence-electron chi connectivity index (χ4n) is 2.05. The SMILES string of the molecule is CC1CCCCNC(=O)CCCC(C)C(=O)N1. The number of nitrogens with one attached hydrogen (secondary N) is 2. The van der Waals surface area contributed by atoms with E-state index in [1.54, 1.807) is 0 Å². The molecule has 1 rings (SSSR count). The van der Waals surface area contributed by atoms with E-state index in [-0.39, 0.29) is 23.8 Å². The van der Waals surface area contributed by atoms with Gasteiger partial charge in [0.2, 0.25) is 11.8 Å². The Labute approximate surface area is 104 Å². The van der Waals surface area contributed by atoms with Gasteiger partial charge in [0.1, 0.15) is 0 Å². The monoisotopic (exact) mass is 240 g/mol. The van der Waals surface area contributed by atoms with E-state index >= 15 is 0 Å². The van der Waals surface area contributed by atoms with E-state index in [0.29, 0.717) is 6.42 Å². The third-order valence-corrected chi connectivity index (χ3v) is 3.26. The number of hydrogen-bond donors (Lipinski definition) is 2. The summed E-state index contributed by atoms with van der Waals surface area (Å²) >= 11 is 0. The third-order valence-electron chi connectivity index (χ3n) is 3.26. The molecule has 1 aliphatic heterocycles. The molecule has 0 aromatic rings. The molecule has 0 saturated carbocycles. The topological polar surface area (TPSA) is 58.2 Å². The average molecular weight is 240 g/mol. The Morgan fingerprint density at radius 1 is 1.06 bits per heavy atom. The van der Waals surface area contributed by atoms with Crippen LogP contribution in [0.25, 0.3) is 0 Å². The van der Waals surface area contributed by atoms with Crippen LogP contribution in [0, 0.1) is 5.92 Å². The molecule has 2 N–H and O–H groups in total. The second-order valence-corrected chi connectivity index (χ2v) is 5.05. The first-order valence-corrected chi connectivity index (χ1v) is 6.66. The van der Waals surface area contributed by atoms with Gasteiger partial charge < -0.3 is 10.6 Å². The molecule has 1 heterocycles. The summed E-state index contributed by atoms with van der Waals surface area (Å²) in [5.41, 5.74) is 0. The maximum atomic E-state index is 11.8. The maximum Gasteiger partial charge on any atom is 0.223 e. The predicted octanol–water partition coefficient (Wildman–Crippen LogP) is 1.60. The number of amides is 2. The number of rotatable bonds is 0. The van der Waals surface area contributed by atoms with Gasteiger partial charge in [-0.15, -0.1) is 0 Å². The molecule has 0 aliphatic carbocycles. The normalized spacial score (nSPS) is 29.3. The van der Waals surface area contributed by atoms with Crippen molar-refractivity contribution in [2.75, 3.05) is 6.54 Å². The Bertz CT molecular complexity index is 266. The van der Waals surface area contributed by atoms with Gasteiger partial charge >= 0.3 is 0 Å². The molecular formula is C13H24N2O2. The van der Waals surface area contributed by atoms with E-state index in [0.717, 1.165) is 38.6 Å². The van der Waals surface area contributed by atoms with Crippen molar-refractivity contribution in [2.45, 2.75) is 58.4 Å². The molecule has 4 heteroatoms. The van der Waals surface area contributed by atoms with Gasteiger partial charge in [-0.1, -0.05) is 6.92 Å². The molecule has 4 nitrogen and oxygen atoms in total. The zero-order valence-corrected chi connectivity index (χ0v) is 10.9. The minimum Gasteiger partial charge on any atom is -0.356 e. The van der Waals surface area contributed by atoms with Crippen molar-refractivity contribution in [1.82, 2.24) is 10.6 Å². The molecule has 0 aromatic carbocycles. The van der Waals surface area contributed by atoms with Crippen LogP contribution >= 0.6 is 0 Å². The second-order valence-electron chi connectivity index (χ2n) is 5.05. The highest BCUT2D eigenvalue weighted by Crippen LogP contribution is 2.10. The lowest BCUT2D eigenvalue weighted by molar-refractivity contribution is -0.126. The van der Waals surface area contributed by atoms with Gasteiger partial charge in [0.25, 0.3) is 0 Å². The van der Waals surface area contributed by atoms with Crippen LogP contribution in [0.5, 0.6) is 0 Å². The summed E-state index contributed by atoms with van der Waals surface area (Å²) in [5, 5.41) is 5.95. The molecule has 2 atom stereocenters. The van der Waals surface area contributed by atoms with E-state index in [2.05, 4.69) is 10.6 Å². The second kappa shape index (κ2) is 7.30. The minimum atomic E-state index is 0.00556. The van der Waals surface area contributed by atoms with Crippen molar-refractivity contribution in [3.8, 4) is 0 Å². The van der Waals surface area contributed by atoms with E-state index in [9.17, 15) is 9.59 Å². The Morgan fingerprint density at radius 2 is 1.82 bits per heavy atom. The number of carbonyl (C=O) groups excluding carboxylic acids is 2. The Morgan fingerprint density at radius 3 is 2.59 bits per heavy atom. The predicted molar refractivity (Wildman–Crippen MR) is 67.5 cm³/mol. The van der Waals surface area contributed by atoms with E-state index in [4.69, 9.17) is 0 Å². The summed E-state index contributed by atoms with van der Waals surface area (Å²) < 4.78 is 0. The molecule has 17 heavy (non-hydrogen) atoms. The van der Waals surface area contributed by atoms with Crippen LogP contribution in [0.3, 0.4) is 0 Å². The summed E-state index contributed by atoms with van der Waals surface area (Å²) in [4.78, 5) is 23.2. The molecule has 0 bridgehead atoms. The molecule has 1 aliphatic rings. The molecular weight excluding hydrogens is 216 g/mol. The smallest absolute Gasteiger partial charge is 0.223 e. The average Bonchev–Trinajstić information content (AvgIpc) is 2.28. The van der Waals surface area contributed by atoms with Crippen molar-refractivity contribution < 1.29 is 9.59 Å². The summed E-state index contributed by atoms with van der Waals surface area (Å²) in [6, 6.07) is 0.237. The molecule has 2 amide bonds.